The van der Waals surface area contributed by atoms with Gasteiger partial charge in [0, 0.05) is 66.0 Å². The predicted octanol–water partition coefficient (Wildman–Crippen LogP) is 17.2. The van der Waals surface area contributed by atoms with Crippen LogP contribution in [0.1, 0.15) is 122 Å². The minimum atomic E-state index is -3.05. The molecule has 2 amide bonds. The Kier molecular flexibility index (Phi) is 19.5. The van der Waals surface area contributed by atoms with Gasteiger partial charge in [0.2, 0.25) is 5.54 Å². The maximum absolute atomic E-state index is 14.3. The molecule has 0 unspecified atom stereocenters. The molecule has 0 spiro atoms. The Morgan fingerprint density at radius 3 is 1.26 bits per heavy atom. The molecule has 0 atom stereocenters. The van der Waals surface area contributed by atoms with Crippen LogP contribution < -0.4 is 20.1 Å². The summed E-state index contributed by atoms with van der Waals surface area (Å²) in [7, 11) is 0. The van der Waals surface area contributed by atoms with Crippen LogP contribution in [0.25, 0.3) is 66.9 Å². The first kappa shape index (κ1) is 71.0. The number of hydrogen-bond donors (Lipinski definition) is 3. The monoisotopic (exact) mass is 1410 g/mol. The number of nitrogens with one attached hydrogen (secondary N) is 3. The highest BCUT2D eigenvalue weighted by Gasteiger charge is 2.43. The lowest BCUT2D eigenvalue weighted by molar-refractivity contribution is -0.561. The van der Waals surface area contributed by atoms with Crippen LogP contribution in [0.2, 0.25) is 0 Å². The summed E-state index contributed by atoms with van der Waals surface area (Å²) in [5.74, 6) is -0.766. The highest BCUT2D eigenvalue weighted by Crippen LogP contribution is 2.46. The van der Waals surface area contributed by atoms with Crippen molar-refractivity contribution >= 4 is 55.9 Å². The van der Waals surface area contributed by atoms with Crippen LogP contribution >= 0.6 is 0 Å². The van der Waals surface area contributed by atoms with Crippen molar-refractivity contribution in [2.75, 3.05) is 0 Å². The van der Waals surface area contributed by atoms with Gasteiger partial charge in [-0.1, -0.05) is 182 Å². The second kappa shape index (κ2) is 28.8. The molecular formula is C82H75F4N13O6. The largest absolute Gasteiger partial charge is 0.435 e. The van der Waals surface area contributed by atoms with E-state index < -0.39 is 40.9 Å². The Morgan fingerprint density at radius 2 is 0.886 bits per heavy atom. The molecule has 0 aliphatic heterocycles. The SMILES string of the molecule is CC(C)(C)NC(=O)c1cn(C(c2ccccc2)(c2ccccc2)c2ccccc2)c2ncc(-c3n[nH]c4ccc(OC(F)F)cc34)nc12.CC(C)(C)NC(=O)c1cn(C(c2ccccc2)(c2ccccc2)c2ccccc2)c2ncc(-c3nn(CCCC(C)(C)[N+](=O)[O-])c4ccc(OC(F)F)cc34)nc12. The van der Waals surface area contributed by atoms with E-state index in [1.807, 2.05) is 202 Å². The van der Waals surface area contributed by atoms with E-state index in [4.69, 9.17) is 29.8 Å². The molecular weight excluding hydrogens is 1340 g/mol. The standard InChI is InChI=1S/C44H43F2N7O4.C38H32F2N6O2/c1-42(2,3)49-40(54)34-28-51(44(29-16-9-6-10-17-29,30-18-11-7-12-19-30)31-20-13-8-14-21-31)39-38(34)48-35(27-47-39)37-33-26-32(57-41(45)46)22-23-36(33)52(50-37)25-15-24-43(4,5)53(55)56;1-37(2,3)43-35(47)29-23-46(38(24-13-7-4-8-14-24,25-15-9-5-10-16-25)26-17-11-6-12-18-26)34-33(29)42-31(22-41-34)32-28-21-27(48-36(39)40)19-20-30(28)44-45-32/h6-14,16-23,26-28,41H,15,24-25H2,1-5H3,(H,49,54);4-23,36H,1-3H3,(H,43,47)(H,44,45). The van der Waals surface area contributed by atoms with E-state index in [1.54, 1.807) is 49.3 Å². The maximum Gasteiger partial charge on any atom is 0.387 e. The average Bonchev–Trinajstić information content (AvgIpc) is 1.65. The Bertz CT molecular complexity index is 5260. The quantitative estimate of drug-likeness (QED) is 0.0264. The smallest absolute Gasteiger partial charge is 0.387 e. The molecule has 23 heteroatoms. The molecule has 0 aliphatic carbocycles. The van der Waals surface area contributed by atoms with Crippen molar-refractivity contribution in [1.82, 2.24) is 59.7 Å². The van der Waals surface area contributed by atoms with Crippen molar-refractivity contribution in [3.63, 3.8) is 0 Å². The number of H-pyrrole nitrogens is 1. The third-order valence-electron chi connectivity index (χ3n) is 18.2. The normalized spacial score (nSPS) is 12.2. The number of aromatic nitrogens is 10. The number of ether oxygens (including phenoxy) is 2. The van der Waals surface area contributed by atoms with Crippen LogP contribution in [0.3, 0.4) is 0 Å². The Balaban J connectivity index is 0.000000189. The van der Waals surface area contributed by atoms with Gasteiger partial charge in [-0.3, -0.25) is 29.5 Å². The molecule has 6 aromatic heterocycles. The van der Waals surface area contributed by atoms with Gasteiger partial charge < -0.3 is 29.2 Å². The van der Waals surface area contributed by atoms with E-state index in [0.717, 1.165) is 33.4 Å². The van der Waals surface area contributed by atoms with E-state index in [9.17, 15) is 37.3 Å². The van der Waals surface area contributed by atoms with Crippen LogP contribution in [-0.2, 0) is 17.6 Å². The lowest BCUT2D eigenvalue weighted by atomic mass is 9.76. The first-order valence-electron chi connectivity index (χ1n) is 34.1. The zero-order chi connectivity index (χ0) is 74.0. The number of rotatable bonds is 21. The second-order valence-electron chi connectivity index (χ2n) is 28.2. The molecule has 0 bridgehead atoms. The summed E-state index contributed by atoms with van der Waals surface area (Å²) in [5, 5.41) is 31.0. The van der Waals surface area contributed by atoms with Gasteiger partial charge in [0.05, 0.1) is 34.6 Å². The van der Waals surface area contributed by atoms with Crippen molar-refractivity contribution in [1.29, 1.82) is 0 Å². The molecule has 0 saturated carbocycles. The summed E-state index contributed by atoms with van der Waals surface area (Å²) in [6.45, 7) is 8.85. The summed E-state index contributed by atoms with van der Waals surface area (Å²) in [6, 6.07) is 69.4. The minimum absolute atomic E-state index is 0.0102. The molecule has 8 aromatic carbocycles. The number of hydrogen-bond acceptors (Lipinski definition) is 12. The molecule has 105 heavy (non-hydrogen) atoms. The molecule has 0 radical (unpaired) electrons. The molecule has 14 rings (SSSR count). The second-order valence-corrected chi connectivity index (χ2v) is 28.2. The first-order chi connectivity index (χ1) is 50.3. The highest BCUT2D eigenvalue weighted by molar-refractivity contribution is 6.07. The average molecular weight is 1410 g/mol. The van der Waals surface area contributed by atoms with Crippen LogP contribution in [0, 0.1) is 10.1 Å². The van der Waals surface area contributed by atoms with E-state index in [1.165, 1.54) is 24.3 Å². The minimum Gasteiger partial charge on any atom is -0.435 e. The van der Waals surface area contributed by atoms with E-state index in [0.29, 0.717) is 85.4 Å². The Hall–Kier alpha value is -12.4. The Labute approximate surface area is 602 Å². The topological polar surface area (TPSA) is 228 Å². The van der Waals surface area contributed by atoms with Gasteiger partial charge in [0.15, 0.2) is 11.3 Å². The van der Waals surface area contributed by atoms with E-state index >= 15 is 0 Å². The molecule has 0 saturated heterocycles. The number of alkyl halides is 4. The van der Waals surface area contributed by atoms with Crippen LogP contribution in [0.4, 0.5) is 17.6 Å². The number of aryl methyl sites for hydroxylation is 1. The summed E-state index contributed by atoms with van der Waals surface area (Å²) >= 11 is 0. The molecule has 3 N–H and O–H groups in total. The third kappa shape index (κ3) is 14.2. The van der Waals surface area contributed by atoms with Crippen LogP contribution in [0.15, 0.2) is 243 Å². The molecule has 6 heterocycles. The number of aromatic amines is 1. The van der Waals surface area contributed by atoms with Gasteiger partial charge >= 0.3 is 13.2 Å². The first-order valence-corrected chi connectivity index (χ1v) is 34.1. The van der Waals surface area contributed by atoms with E-state index in [-0.39, 0.29) is 40.2 Å². The molecule has 0 aliphatic rings. The Morgan fingerprint density at radius 1 is 0.514 bits per heavy atom. The number of carbonyl (C=O) groups excluding carboxylic acids is 2. The van der Waals surface area contributed by atoms with Crippen molar-refractivity contribution in [2.45, 2.75) is 116 Å². The summed E-state index contributed by atoms with van der Waals surface area (Å²) in [4.78, 5) is 59.9. The third-order valence-corrected chi connectivity index (χ3v) is 18.2. The summed E-state index contributed by atoms with van der Waals surface area (Å²) < 4.78 is 68.0. The number of fused-ring (bicyclic) bond motifs is 4. The fourth-order valence-electron chi connectivity index (χ4n) is 13.6. The molecule has 19 nitrogen and oxygen atoms in total. The van der Waals surface area contributed by atoms with Gasteiger partial charge in [-0.05, 0) is 118 Å². The van der Waals surface area contributed by atoms with Crippen molar-refractivity contribution in [2.24, 2.45) is 0 Å². The summed E-state index contributed by atoms with van der Waals surface area (Å²) in [6.07, 6.45) is 7.47. The fourth-order valence-corrected chi connectivity index (χ4v) is 13.6. The van der Waals surface area contributed by atoms with Crippen molar-refractivity contribution in [3.8, 4) is 34.3 Å². The molecule has 532 valence electrons. The van der Waals surface area contributed by atoms with Gasteiger partial charge in [-0.15, -0.1) is 0 Å². The lowest BCUT2D eigenvalue weighted by Gasteiger charge is -2.38. The number of amides is 2. The van der Waals surface area contributed by atoms with Crippen LogP contribution in [-0.4, -0.2) is 95.6 Å². The van der Waals surface area contributed by atoms with E-state index in [2.05, 4.69) is 62.0 Å². The number of benzene rings is 8. The van der Waals surface area contributed by atoms with Crippen LogP contribution in [0.5, 0.6) is 11.5 Å². The number of nitrogens with zero attached hydrogens (tertiary/aromatic N) is 10. The number of nitro groups is 1. The zero-order valence-corrected chi connectivity index (χ0v) is 58.8. The highest BCUT2D eigenvalue weighted by atomic mass is 19.3. The van der Waals surface area contributed by atoms with Crippen molar-refractivity contribution in [3.05, 3.63) is 298 Å². The zero-order valence-electron chi connectivity index (χ0n) is 58.8. The molecule has 14 aromatic rings. The van der Waals surface area contributed by atoms with Gasteiger partial charge in [0.25, 0.3) is 11.8 Å². The molecule has 0 fully saturated rings. The maximum atomic E-state index is 14.3. The number of carbonyl (C=O) groups is 2. The summed E-state index contributed by atoms with van der Waals surface area (Å²) in [5.41, 5.74) is 6.07. The van der Waals surface area contributed by atoms with Gasteiger partial charge in [-0.25, -0.2) is 19.9 Å². The predicted molar refractivity (Wildman–Crippen MR) is 396 cm³/mol. The fraction of sp³-hybridized carbons (Fsp3) is 0.220. The van der Waals surface area contributed by atoms with Gasteiger partial charge in [-0.2, -0.15) is 27.8 Å². The lowest BCUT2D eigenvalue weighted by Crippen LogP contribution is -2.40. The number of halogens is 4. The van der Waals surface area contributed by atoms with Crippen molar-refractivity contribution < 1.29 is 41.5 Å². The van der Waals surface area contributed by atoms with Gasteiger partial charge in [0.1, 0.15) is 56.4 Å².